The van der Waals surface area contributed by atoms with Crippen LogP contribution in [0.1, 0.15) is 35.3 Å². The molecule has 2 N–H and O–H groups in total. The van der Waals surface area contributed by atoms with Crippen molar-refractivity contribution in [3.05, 3.63) is 29.0 Å². The number of thiophene rings is 1. The fourth-order valence-corrected chi connectivity index (χ4v) is 4.87. The number of piperidine rings is 2. The quantitative estimate of drug-likeness (QED) is 0.676. The van der Waals surface area contributed by atoms with Gasteiger partial charge in [-0.2, -0.15) is 5.10 Å². The summed E-state index contributed by atoms with van der Waals surface area (Å²) in [7, 11) is 1.53. The minimum atomic E-state index is -2.78. The van der Waals surface area contributed by atoms with Crippen LogP contribution in [-0.4, -0.2) is 50.8 Å². The predicted octanol–water partition coefficient (Wildman–Crippen LogP) is 2.56. The second-order valence-corrected chi connectivity index (χ2v) is 8.23. The van der Waals surface area contributed by atoms with Crippen LogP contribution in [0.4, 0.5) is 20.3 Å². The molecule has 152 valence electrons. The Hall–Kier alpha value is -2.66. The second kappa shape index (κ2) is 6.99. The zero-order valence-electron chi connectivity index (χ0n) is 15.6. The summed E-state index contributed by atoms with van der Waals surface area (Å²) in [6.07, 6.45) is 2.59. The first-order valence-electron chi connectivity index (χ1n) is 9.37. The molecular weight excluding hydrogens is 400 g/mol. The standard InChI is InChI=1S/C18H19F2N7OS/c1-26-7-12(15(25-26)16(19)20)23-17(28)11-8-29-18-14(11)24-13(5-22-18)27-6-9-2-3-10(27)4-21-9/h5,7-10,16,21H,2-4,6H2,1H3,(H,23,28)/t9-,10-/m0/s1. The minimum Gasteiger partial charge on any atom is -0.349 e. The third-order valence-corrected chi connectivity index (χ3v) is 6.34. The number of hydrogen-bond donors (Lipinski definition) is 2. The molecule has 3 aliphatic heterocycles. The molecule has 0 spiro atoms. The number of nitrogens with zero attached hydrogens (tertiary/aromatic N) is 5. The number of piperazine rings is 1. The van der Waals surface area contributed by atoms with E-state index in [0.29, 0.717) is 28.0 Å². The van der Waals surface area contributed by atoms with E-state index in [1.165, 1.54) is 29.3 Å². The molecule has 3 aromatic heterocycles. The lowest BCUT2D eigenvalue weighted by molar-refractivity contribution is 0.102. The van der Waals surface area contributed by atoms with Crippen LogP contribution in [0.15, 0.2) is 17.8 Å². The van der Waals surface area contributed by atoms with E-state index in [1.807, 2.05) is 0 Å². The maximum Gasteiger partial charge on any atom is 0.284 e. The maximum absolute atomic E-state index is 13.2. The molecule has 3 aliphatic rings. The third kappa shape index (κ3) is 3.23. The molecule has 0 saturated carbocycles. The molecular formula is C18H19F2N7OS. The monoisotopic (exact) mass is 419 g/mol. The highest BCUT2D eigenvalue weighted by Gasteiger charge is 2.34. The molecule has 11 heteroatoms. The number of fused-ring (bicyclic) bond motifs is 4. The molecule has 0 unspecified atom stereocenters. The Morgan fingerprint density at radius 2 is 2.28 bits per heavy atom. The van der Waals surface area contributed by atoms with Gasteiger partial charge in [-0.1, -0.05) is 0 Å². The second-order valence-electron chi connectivity index (χ2n) is 7.38. The van der Waals surface area contributed by atoms with Gasteiger partial charge in [0, 0.05) is 43.8 Å². The van der Waals surface area contributed by atoms with E-state index in [0.717, 1.165) is 31.7 Å². The Bertz CT molecular complexity index is 1070. The van der Waals surface area contributed by atoms with Gasteiger partial charge in [0.15, 0.2) is 5.69 Å². The molecule has 0 aromatic carbocycles. The molecule has 0 radical (unpaired) electrons. The van der Waals surface area contributed by atoms with E-state index in [-0.39, 0.29) is 5.69 Å². The molecule has 3 saturated heterocycles. The Kier molecular flexibility index (Phi) is 4.43. The van der Waals surface area contributed by atoms with Crippen LogP contribution >= 0.6 is 11.3 Å². The Morgan fingerprint density at radius 1 is 1.41 bits per heavy atom. The average Bonchev–Trinajstić information content (AvgIpc) is 3.31. The van der Waals surface area contributed by atoms with E-state index in [2.05, 4.69) is 25.6 Å². The van der Waals surface area contributed by atoms with Crippen molar-refractivity contribution >= 4 is 39.1 Å². The van der Waals surface area contributed by atoms with Crippen LogP contribution in [0.2, 0.25) is 0 Å². The van der Waals surface area contributed by atoms with Crippen molar-refractivity contribution in [1.82, 2.24) is 25.1 Å². The van der Waals surface area contributed by atoms with Crippen LogP contribution in [0.3, 0.4) is 0 Å². The van der Waals surface area contributed by atoms with Gasteiger partial charge in [-0.3, -0.25) is 9.48 Å². The maximum atomic E-state index is 13.2. The van der Waals surface area contributed by atoms with E-state index in [9.17, 15) is 13.6 Å². The van der Waals surface area contributed by atoms with Crippen molar-refractivity contribution in [2.75, 3.05) is 23.3 Å². The van der Waals surface area contributed by atoms with Gasteiger partial charge in [0.1, 0.15) is 16.2 Å². The predicted molar refractivity (Wildman–Crippen MR) is 106 cm³/mol. The highest BCUT2D eigenvalue weighted by atomic mass is 32.1. The van der Waals surface area contributed by atoms with Gasteiger partial charge in [0.2, 0.25) is 0 Å². The smallest absolute Gasteiger partial charge is 0.284 e. The molecule has 29 heavy (non-hydrogen) atoms. The topological polar surface area (TPSA) is 88.0 Å². The van der Waals surface area contributed by atoms with Crippen LogP contribution in [0.25, 0.3) is 10.3 Å². The Morgan fingerprint density at radius 3 is 2.97 bits per heavy atom. The molecule has 3 fully saturated rings. The number of anilines is 2. The van der Waals surface area contributed by atoms with Crippen molar-refractivity contribution in [2.24, 2.45) is 7.05 Å². The minimum absolute atomic E-state index is 0.00428. The number of halogens is 2. The fourth-order valence-electron chi connectivity index (χ4n) is 4.04. The number of alkyl halides is 2. The van der Waals surface area contributed by atoms with Crippen molar-refractivity contribution in [3.8, 4) is 0 Å². The molecule has 8 nitrogen and oxygen atoms in total. The van der Waals surface area contributed by atoms with Crippen LogP contribution in [-0.2, 0) is 7.05 Å². The van der Waals surface area contributed by atoms with Crippen LogP contribution in [0.5, 0.6) is 0 Å². The van der Waals surface area contributed by atoms with Crippen LogP contribution < -0.4 is 15.5 Å². The molecule has 1 amide bonds. The van der Waals surface area contributed by atoms with Crippen molar-refractivity contribution < 1.29 is 13.6 Å². The fraction of sp³-hybridized carbons (Fsp3) is 0.444. The molecule has 2 bridgehead atoms. The van der Waals surface area contributed by atoms with E-state index in [4.69, 9.17) is 4.98 Å². The largest absolute Gasteiger partial charge is 0.349 e. The number of carbonyl (C=O) groups is 1. The van der Waals surface area contributed by atoms with E-state index in [1.54, 1.807) is 11.6 Å². The number of aromatic nitrogens is 4. The normalized spacial score (nSPS) is 21.3. The van der Waals surface area contributed by atoms with Crippen molar-refractivity contribution in [2.45, 2.75) is 31.4 Å². The molecule has 6 heterocycles. The SMILES string of the molecule is Cn1cc(NC(=O)c2csc3ncc(N4C[C@@H]5CC[C@H]4CN5)nc23)c(C(F)F)n1. The summed E-state index contributed by atoms with van der Waals surface area (Å²) in [5, 5.41) is 11.4. The average molecular weight is 419 g/mol. The van der Waals surface area contributed by atoms with Gasteiger partial charge in [-0.25, -0.2) is 18.7 Å². The number of hydrogen-bond acceptors (Lipinski definition) is 7. The lowest BCUT2D eigenvalue weighted by atomic mass is 9.93. The summed E-state index contributed by atoms with van der Waals surface area (Å²) >= 11 is 1.30. The molecule has 6 rings (SSSR count). The molecule has 3 aromatic rings. The van der Waals surface area contributed by atoms with Gasteiger partial charge < -0.3 is 15.5 Å². The zero-order chi connectivity index (χ0) is 20.1. The van der Waals surface area contributed by atoms with E-state index >= 15 is 0 Å². The number of amides is 1. The summed E-state index contributed by atoms with van der Waals surface area (Å²) in [4.78, 5) is 24.9. The lowest BCUT2D eigenvalue weighted by Gasteiger charge is -2.46. The van der Waals surface area contributed by atoms with E-state index < -0.39 is 18.0 Å². The Labute approximate surface area is 168 Å². The highest BCUT2D eigenvalue weighted by molar-refractivity contribution is 7.17. The summed E-state index contributed by atoms with van der Waals surface area (Å²) in [6.45, 7) is 1.78. The van der Waals surface area contributed by atoms with Crippen LogP contribution in [0, 0.1) is 0 Å². The van der Waals surface area contributed by atoms with Gasteiger partial charge >= 0.3 is 0 Å². The summed E-state index contributed by atoms with van der Waals surface area (Å²) in [5.74, 6) is 0.246. The molecule has 2 atom stereocenters. The van der Waals surface area contributed by atoms with Gasteiger partial charge in [0.05, 0.1) is 17.4 Å². The third-order valence-electron chi connectivity index (χ3n) is 5.47. The van der Waals surface area contributed by atoms with Gasteiger partial charge in [0.25, 0.3) is 12.3 Å². The first kappa shape index (κ1) is 18.4. The van der Waals surface area contributed by atoms with Crippen molar-refractivity contribution in [3.63, 3.8) is 0 Å². The zero-order valence-corrected chi connectivity index (χ0v) is 16.4. The first-order chi connectivity index (χ1) is 14.0. The highest BCUT2D eigenvalue weighted by Crippen LogP contribution is 2.31. The molecule has 0 aliphatic carbocycles. The Balaban J connectivity index is 1.45. The van der Waals surface area contributed by atoms with Gasteiger partial charge in [-0.05, 0) is 12.8 Å². The summed E-state index contributed by atoms with van der Waals surface area (Å²) < 4.78 is 27.6. The number of carbonyl (C=O) groups excluding carboxylic acids is 1. The number of aryl methyl sites for hydroxylation is 1. The first-order valence-corrected chi connectivity index (χ1v) is 10.2. The van der Waals surface area contributed by atoms with Gasteiger partial charge in [-0.15, -0.1) is 11.3 Å². The lowest BCUT2D eigenvalue weighted by Crippen LogP contribution is -2.61. The summed E-state index contributed by atoms with van der Waals surface area (Å²) in [5.41, 5.74) is 0.352. The number of nitrogens with one attached hydrogen (secondary N) is 2. The van der Waals surface area contributed by atoms with Crippen molar-refractivity contribution in [1.29, 1.82) is 0 Å². The number of rotatable bonds is 4. The summed E-state index contributed by atoms with van der Waals surface area (Å²) in [6, 6.07) is 0.813.